The second-order valence-corrected chi connectivity index (χ2v) is 4.84. The molecule has 0 saturated heterocycles. The number of aromatic amines is 1. The van der Waals surface area contributed by atoms with Gasteiger partial charge in [0.15, 0.2) is 5.82 Å². The summed E-state index contributed by atoms with van der Waals surface area (Å²) < 4.78 is 25.6. The molecular formula is C7H6ClN5O2S. The fraction of sp³-hybridized carbons (Fsp3) is 0. The van der Waals surface area contributed by atoms with Crippen LogP contribution >= 0.6 is 11.6 Å². The van der Waals surface area contributed by atoms with Crippen molar-refractivity contribution in [3.05, 3.63) is 29.9 Å². The maximum atomic E-state index is 11.7. The molecule has 0 fully saturated rings. The Morgan fingerprint density at radius 1 is 1.31 bits per heavy atom. The minimum atomic E-state index is -3.69. The van der Waals surface area contributed by atoms with Gasteiger partial charge in [0.25, 0.3) is 10.0 Å². The van der Waals surface area contributed by atoms with Gasteiger partial charge >= 0.3 is 0 Å². The van der Waals surface area contributed by atoms with Crippen molar-refractivity contribution < 1.29 is 8.42 Å². The second-order valence-electron chi connectivity index (χ2n) is 2.77. The number of aromatic nitrogens is 4. The molecule has 7 nitrogen and oxygen atoms in total. The highest BCUT2D eigenvalue weighted by Crippen LogP contribution is 2.13. The van der Waals surface area contributed by atoms with Crippen LogP contribution in [0.1, 0.15) is 0 Å². The third-order valence-corrected chi connectivity index (χ3v) is 3.13. The fourth-order valence-electron chi connectivity index (χ4n) is 0.974. The lowest BCUT2D eigenvalue weighted by Crippen LogP contribution is -2.13. The summed E-state index contributed by atoms with van der Waals surface area (Å²) in [5.41, 5.74) is 0. The highest BCUT2D eigenvalue weighted by molar-refractivity contribution is 7.92. The average Bonchev–Trinajstić information content (AvgIpc) is 2.69. The number of sulfonamides is 1. The molecule has 2 heterocycles. The molecule has 0 aliphatic carbocycles. The van der Waals surface area contributed by atoms with Gasteiger partial charge in [-0.25, -0.2) is 13.4 Å². The van der Waals surface area contributed by atoms with Crippen LogP contribution in [0.2, 0.25) is 5.15 Å². The van der Waals surface area contributed by atoms with Crippen LogP contribution < -0.4 is 4.72 Å². The van der Waals surface area contributed by atoms with Crippen molar-refractivity contribution in [2.45, 2.75) is 4.90 Å². The summed E-state index contributed by atoms with van der Waals surface area (Å²) in [7, 11) is -3.69. The third-order valence-electron chi connectivity index (χ3n) is 1.63. The lowest BCUT2D eigenvalue weighted by Gasteiger charge is -2.04. The predicted molar refractivity (Wildman–Crippen MR) is 56.4 cm³/mol. The molecule has 9 heteroatoms. The van der Waals surface area contributed by atoms with Gasteiger partial charge in [0.2, 0.25) is 0 Å². The highest BCUT2D eigenvalue weighted by atomic mass is 35.5. The van der Waals surface area contributed by atoms with E-state index in [1.54, 1.807) is 0 Å². The lowest BCUT2D eigenvalue weighted by atomic mass is 10.7. The normalized spacial score (nSPS) is 11.3. The summed E-state index contributed by atoms with van der Waals surface area (Å²) >= 11 is 5.57. The van der Waals surface area contributed by atoms with Gasteiger partial charge in [-0.3, -0.25) is 14.8 Å². The van der Waals surface area contributed by atoms with Gasteiger partial charge in [0, 0.05) is 6.20 Å². The van der Waals surface area contributed by atoms with Crippen LogP contribution in [0.3, 0.4) is 0 Å². The van der Waals surface area contributed by atoms with Crippen LogP contribution in [0, 0.1) is 0 Å². The number of anilines is 1. The number of hydrogen-bond donors (Lipinski definition) is 2. The summed E-state index contributed by atoms with van der Waals surface area (Å²) in [5, 5.41) is 6.05. The van der Waals surface area contributed by atoms with Crippen molar-refractivity contribution in [3.8, 4) is 0 Å². The van der Waals surface area contributed by atoms with E-state index >= 15 is 0 Å². The topological polar surface area (TPSA) is 101 Å². The Bertz CT molecular complexity index is 583. The first-order chi connectivity index (χ1) is 7.58. The highest BCUT2D eigenvalue weighted by Gasteiger charge is 2.15. The smallest absolute Gasteiger partial charge is 0.266 e. The Hall–Kier alpha value is -1.67. The van der Waals surface area contributed by atoms with E-state index < -0.39 is 10.0 Å². The van der Waals surface area contributed by atoms with Gasteiger partial charge in [0.05, 0.1) is 18.6 Å². The SMILES string of the molecule is O=S(=O)(Nc1cncc(Cl)n1)c1cn[nH]c1. The van der Waals surface area contributed by atoms with Crippen LogP contribution in [0.5, 0.6) is 0 Å². The second kappa shape index (κ2) is 4.06. The van der Waals surface area contributed by atoms with Gasteiger partial charge in [-0.15, -0.1) is 0 Å². The van der Waals surface area contributed by atoms with Gasteiger partial charge in [0.1, 0.15) is 10.0 Å². The van der Waals surface area contributed by atoms with E-state index in [1.807, 2.05) is 0 Å². The zero-order valence-electron chi connectivity index (χ0n) is 7.75. The minimum absolute atomic E-state index is 0.00859. The average molecular weight is 260 g/mol. The lowest BCUT2D eigenvalue weighted by molar-refractivity contribution is 0.601. The molecule has 0 radical (unpaired) electrons. The first-order valence-electron chi connectivity index (χ1n) is 4.07. The van der Waals surface area contributed by atoms with Gasteiger partial charge in [-0.05, 0) is 0 Å². The molecule has 0 aromatic carbocycles. The van der Waals surface area contributed by atoms with Crippen molar-refractivity contribution in [2.24, 2.45) is 0 Å². The summed E-state index contributed by atoms with van der Waals surface area (Å²) in [6, 6.07) is 0. The standard InChI is InChI=1S/C7H6ClN5O2S/c8-6-3-9-4-7(12-6)13-16(14,15)5-1-10-11-2-5/h1-4H,(H,10,11)(H,12,13). The Morgan fingerprint density at radius 3 is 2.75 bits per heavy atom. The Kier molecular flexibility index (Phi) is 2.75. The third kappa shape index (κ3) is 2.28. The van der Waals surface area contributed by atoms with Gasteiger partial charge in [-0.2, -0.15) is 5.10 Å². The molecule has 0 aliphatic heterocycles. The van der Waals surface area contributed by atoms with Crippen molar-refractivity contribution in [2.75, 3.05) is 4.72 Å². The van der Waals surface area contributed by atoms with Crippen LogP contribution in [0.15, 0.2) is 29.7 Å². The van der Waals surface area contributed by atoms with Crippen LogP contribution in [-0.4, -0.2) is 28.6 Å². The minimum Gasteiger partial charge on any atom is -0.284 e. The zero-order valence-corrected chi connectivity index (χ0v) is 9.33. The summed E-state index contributed by atoms with van der Waals surface area (Å²) in [6.07, 6.45) is 4.99. The molecule has 0 saturated carbocycles. The first kappa shape index (κ1) is 10.8. The summed E-state index contributed by atoms with van der Waals surface area (Å²) in [5.74, 6) is 0.0497. The summed E-state index contributed by atoms with van der Waals surface area (Å²) in [6.45, 7) is 0. The molecule has 84 valence electrons. The largest absolute Gasteiger partial charge is 0.284 e. The molecule has 0 unspecified atom stereocenters. The monoisotopic (exact) mass is 259 g/mol. The molecular weight excluding hydrogens is 254 g/mol. The first-order valence-corrected chi connectivity index (χ1v) is 5.93. The molecule has 16 heavy (non-hydrogen) atoms. The number of rotatable bonds is 3. The maximum absolute atomic E-state index is 11.7. The van der Waals surface area contributed by atoms with E-state index in [1.165, 1.54) is 24.8 Å². The Labute approximate surface area is 95.9 Å². The van der Waals surface area contributed by atoms with E-state index in [0.717, 1.165) is 0 Å². The molecule has 0 aliphatic rings. The molecule has 2 aromatic rings. The van der Waals surface area contributed by atoms with Gasteiger partial charge in [-0.1, -0.05) is 11.6 Å². The van der Waals surface area contributed by atoms with E-state index in [9.17, 15) is 8.42 Å². The number of nitrogens with one attached hydrogen (secondary N) is 2. The number of H-pyrrole nitrogens is 1. The molecule has 2 N–H and O–H groups in total. The molecule has 0 atom stereocenters. The van der Waals surface area contributed by atoms with Gasteiger partial charge < -0.3 is 0 Å². The molecule has 2 aromatic heterocycles. The molecule has 0 amide bonds. The quantitative estimate of drug-likeness (QED) is 0.843. The van der Waals surface area contributed by atoms with E-state index in [4.69, 9.17) is 11.6 Å². The Balaban J connectivity index is 2.29. The van der Waals surface area contributed by atoms with Crippen molar-refractivity contribution in [1.82, 2.24) is 20.2 Å². The zero-order chi connectivity index (χ0) is 11.6. The van der Waals surface area contributed by atoms with Crippen LogP contribution in [0.25, 0.3) is 0 Å². The van der Waals surface area contributed by atoms with Crippen molar-refractivity contribution in [3.63, 3.8) is 0 Å². The number of nitrogens with zero attached hydrogens (tertiary/aromatic N) is 3. The number of halogens is 1. The maximum Gasteiger partial charge on any atom is 0.266 e. The fourth-order valence-corrected chi connectivity index (χ4v) is 2.01. The van der Waals surface area contributed by atoms with E-state index in [2.05, 4.69) is 24.9 Å². The van der Waals surface area contributed by atoms with E-state index in [0.29, 0.717) is 0 Å². The van der Waals surface area contributed by atoms with Crippen molar-refractivity contribution >= 4 is 27.4 Å². The van der Waals surface area contributed by atoms with Crippen LogP contribution in [0.4, 0.5) is 5.82 Å². The Morgan fingerprint density at radius 2 is 2.12 bits per heavy atom. The summed E-state index contributed by atoms with van der Waals surface area (Å²) in [4.78, 5) is 7.46. The molecule has 0 bridgehead atoms. The van der Waals surface area contributed by atoms with Crippen LogP contribution in [-0.2, 0) is 10.0 Å². The number of hydrogen-bond acceptors (Lipinski definition) is 5. The molecule has 2 rings (SSSR count). The van der Waals surface area contributed by atoms with Crippen molar-refractivity contribution in [1.29, 1.82) is 0 Å². The predicted octanol–water partition coefficient (Wildman–Crippen LogP) is 0.654. The van der Waals surface area contributed by atoms with E-state index in [-0.39, 0.29) is 15.9 Å². The molecule has 0 spiro atoms.